The Kier molecular flexibility index (Phi) is 5.74. The molecule has 1 atom stereocenters. The minimum atomic E-state index is -1.29. The van der Waals surface area contributed by atoms with Crippen molar-refractivity contribution in [3.63, 3.8) is 0 Å². The molecule has 29 heavy (non-hydrogen) atoms. The van der Waals surface area contributed by atoms with E-state index in [1.54, 1.807) is 4.90 Å². The molecule has 0 spiro atoms. The van der Waals surface area contributed by atoms with Gasteiger partial charge in [-0.15, -0.1) is 0 Å². The van der Waals surface area contributed by atoms with E-state index in [2.05, 4.69) is 0 Å². The van der Waals surface area contributed by atoms with Gasteiger partial charge in [0.2, 0.25) is 5.91 Å². The van der Waals surface area contributed by atoms with E-state index in [0.717, 1.165) is 17.2 Å². The van der Waals surface area contributed by atoms with Crippen LogP contribution < -0.4 is 5.56 Å². The molecule has 0 saturated heterocycles. The first-order valence-corrected chi connectivity index (χ1v) is 9.41. The van der Waals surface area contributed by atoms with Gasteiger partial charge in [0.1, 0.15) is 17.4 Å². The van der Waals surface area contributed by atoms with Crippen LogP contribution in [-0.4, -0.2) is 63.6 Å². The topological polar surface area (TPSA) is 103 Å². The molecule has 0 aliphatic carbocycles. The molecule has 1 amide bonds. The average molecular weight is 399 g/mol. The molecule has 154 valence electrons. The molecule has 8 nitrogen and oxygen atoms in total. The highest BCUT2D eigenvalue weighted by Crippen LogP contribution is 2.25. The van der Waals surface area contributed by atoms with Crippen LogP contribution in [0.1, 0.15) is 33.2 Å². The van der Waals surface area contributed by atoms with E-state index >= 15 is 0 Å². The van der Waals surface area contributed by atoms with Crippen molar-refractivity contribution >= 4 is 11.9 Å². The lowest BCUT2D eigenvalue weighted by Gasteiger charge is -2.30. The van der Waals surface area contributed by atoms with Gasteiger partial charge in [0.05, 0.1) is 0 Å². The van der Waals surface area contributed by atoms with Crippen LogP contribution in [0.3, 0.4) is 0 Å². The van der Waals surface area contributed by atoms with Gasteiger partial charge in [-0.05, 0) is 26.6 Å². The van der Waals surface area contributed by atoms with Crippen LogP contribution >= 0.6 is 0 Å². The Morgan fingerprint density at radius 2 is 1.76 bits per heavy atom. The Labute approximate surface area is 168 Å². The Hall–Kier alpha value is -3.13. The van der Waals surface area contributed by atoms with E-state index in [-0.39, 0.29) is 43.2 Å². The second-order valence-corrected chi connectivity index (χ2v) is 7.50. The van der Waals surface area contributed by atoms with E-state index < -0.39 is 23.3 Å². The molecule has 0 fully saturated rings. The Morgan fingerprint density at radius 1 is 1.10 bits per heavy atom. The third-order valence-corrected chi connectivity index (χ3v) is 5.28. The van der Waals surface area contributed by atoms with Crippen LogP contribution in [0.25, 0.3) is 0 Å². The van der Waals surface area contributed by atoms with Crippen molar-refractivity contribution in [2.24, 2.45) is 0 Å². The number of carbonyl (C=O) groups is 2. The summed E-state index contributed by atoms with van der Waals surface area (Å²) in [6.45, 7) is 2.70. The summed E-state index contributed by atoms with van der Waals surface area (Å²) >= 11 is 0. The summed E-state index contributed by atoms with van der Waals surface area (Å²) < 4.78 is 1.34. The molecule has 0 saturated carbocycles. The number of hydrogen-bond donors (Lipinski definition) is 2. The van der Waals surface area contributed by atoms with Crippen molar-refractivity contribution in [2.75, 3.05) is 27.2 Å². The molecule has 3 rings (SSSR count). The maximum atomic E-state index is 13.3. The molecule has 1 aliphatic rings. The number of pyridine rings is 1. The van der Waals surface area contributed by atoms with Crippen LogP contribution in [0.2, 0.25) is 0 Å². The number of aromatic hydroxyl groups is 1. The highest BCUT2D eigenvalue weighted by molar-refractivity contribution is 5.92. The summed E-state index contributed by atoms with van der Waals surface area (Å²) in [6, 6.07) is 8.20. The number of carbonyl (C=O) groups excluding carboxylic acids is 1. The zero-order valence-electron chi connectivity index (χ0n) is 16.8. The number of hydrogen-bond acceptors (Lipinski definition) is 5. The molecule has 2 aromatic rings. The van der Waals surface area contributed by atoms with Gasteiger partial charge in [-0.2, -0.15) is 0 Å². The van der Waals surface area contributed by atoms with Gasteiger partial charge in [-0.25, -0.2) is 4.79 Å². The predicted octanol–water partition coefficient (Wildman–Crippen LogP) is 1.25. The SMILES string of the molecule is Cc1ccc(C(C(=O)N2CCc3c(C(=O)O)c(O)cc(=O)n3CC2)N(C)C)cc1. The van der Waals surface area contributed by atoms with E-state index in [1.807, 2.05) is 50.2 Å². The monoisotopic (exact) mass is 399 g/mol. The fourth-order valence-electron chi connectivity index (χ4n) is 3.80. The van der Waals surface area contributed by atoms with Gasteiger partial charge in [0.15, 0.2) is 0 Å². The quantitative estimate of drug-likeness (QED) is 0.802. The first-order valence-electron chi connectivity index (χ1n) is 9.41. The summed E-state index contributed by atoms with van der Waals surface area (Å²) in [7, 11) is 3.67. The van der Waals surface area contributed by atoms with Crippen LogP contribution in [0.5, 0.6) is 5.75 Å². The van der Waals surface area contributed by atoms with Crippen molar-refractivity contribution in [3.8, 4) is 5.75 Å². The molecule has 1 aromatic carbocycles. The van der Waals surface area contributed by atoms with Crippen LogP contribution in [0.4, 0.5) is 0 Å². The number of aryl methyl sites for hydroxylation is 1. The number of aromatic nitrogens is 1. The normalized spacial score (nSPS) is 15.0. The van der Waals surface area contributed by atoms with Crippen molar-refractivity contribution in [2.45, 2.75) is 25.9 Å². The molecule has 8 heteroatoms. The number of carboxylic acids is 1. The fraction of sp³-hybridized carbons (Fsp3) is 0.381. The highest BCUT2D eigenvalue weighted by Gasteiger charge is 2.31. The van der Waals surface area contributed by atoms with Crippen LogP contribution in [0, 0.1) is 6.92 Å². The second-order valence-electron chi connectivity index (χ2n) is 7.50. The molecule has 0 bridgehead atoms. The van der Waals surface area contributed by atoms with Gasteiger partial charge >= 0.3 is 5.97 Å². The van der Waals surface area contributed by atoms with Gasteiger partial charge in [-0.3, -0.25) is 14.5 Å². The largest absolute Gasteiger partial charge is 0.507 e. The van der Waals surface area contributed by atoms with Gasteiger partial charge in [-0.1, -0.05) is 29.8 Å². The van der Waals surface area contributed by atoms with Crippen molar-refractivity contribution < 1.29 is 19.8 Å². The molecule has 1 aromatic heterocycles. The number of carboxylic acid groups (broad SMARTS) is 1. The number of rotatable bonds is 4. The van der Waals surface area contributed by atoms with E-state index in [0.29, 0.717) is 0 Å². The number of benzene rings is 1. The molecule has 1 aliphatic heterocycles. The minimum Gasteiger partial charge on any atom is -0.507 e. The van der Waals surface area contributed by atoms with E-state index in [9.17, 15) is 24.6 Å². The highest BCUT2D eigenvalue weighted by atomic mass is 16.4. The zero-order valence-corrected chi connectivity index (χ0v) is 16.8. The molecular formula is C21H25N3O5. The number of amides is 1. The van der Waals surface area contributed by atoms with E-state index in [4.69, 9.17) is 0 Å². The zero-order chi connectivity index (χ0) is 21.3. The average Bonchev–Trinajstić information content (AvgIpc) is 2.86. The summed E-state index contributed by atoms with van der Waals surface area (Å²) in [4.78, 5) is 40.7. The summed E-state index contributed by atoms with van der Waals surface area (Å²) in [5.74, 6) is -1.95. The van der Waals surface area contributed by atoms with E-state index in [1.165, 1.54) is 4.57 Å². The molecular weight excluding hydrogens is 374 g/mol. The first-order chi connectivity index (χ1) is 13.7. The summed E-state index contributed by atoms with van der Waals surface area (Å²) in [5, 5.41) is 19.4. The maximum absolute atomic E-state index is 13.3. The lowest BCUT2D eigenvalue weighted by molar-refractivity contribution is -0.136. The van der Waals surface area contributed by atoms with Gasteiger partial charge in [0, 0.05) is 37.8 Å². The first kappa shape index (κ1) is 20.6. The molecule has 0 radical (unpaired) electrons. The summed E-state index contributed by atoms with van der Waals surface area (Å²) in [5.41, 5.74) is 1.47. The lowest BCUT2D eigenvalue weighted by Crippen LogP contribution is -2.42. The Balaban J connectivity index is 1.91. The van der Waals surface area contributed by atoms with Crippen molar-refractivity contribution in [1.29, 1.82) is 0 Å². The van der Waals surface area contributed by atoms with Crippen LogP contribution in [0.15, 0.2) is 35.1 Å². The van der Waals surface area contributed by atoms with Gasteiger partial charge < -0.3 is 19.7 Å². The predicted molar refractivity (Wildman–Crippen MR) is 107 cm³/mol. The minimum absolute atomic E-state index is 0.110. The van der Waals surface area contributed by atoms with Crippen molar-refractivity contribution in [3.05, 3.63) is 63.1 Å². The number of aromatic carboxylic acids is 1. The number of fused-ring (bicyclic) bond motifs is 1. The Bertz CT molecular complexity index is 995. The molecule has 2 N–H and O–H groups in total. The van der Waals surface area contributed by atoms with Crippen molar-refractivity contribution in [1.82, 2.24) is 14.4 Å². The Morgan fingerprint density at radius 3 is 2.34 bits per heavy atom. The van der Waals surface area contributed by atoms with Gasteiger partial charge in [0.25, 0.3) is 5.56 Å². The molecule has 1 unspecified atom stereocenters. The third kappa shape index (κ3) is 4.02. The number of nitrogens with zero attached hydrogens (tertiary/aromatic N) is 3. The maximum Gasteiger partial charge on any atom is 0.341 e. The fourth-order valence-corrected chi connectivity index (χ4v) is 3.80. The molecule has 2 heterocycles. The third-order valence-electron chi connectivity index (χ3n) is 5.28. The standard InChI is InChI=1S/C21H25N3O5/c1-13-4-6-14(7-5-13)19(22(2)3)20(27)23-9-8-15-18(21(28)29)16(25)12-17(26)24(15)11-10-23/h4-7,12,19,25H,8-11H2,1-3H3,(H,28,29). The second kappa shape index (κ2) is 8.08. The number of likely N-dealkylation sites (N-methyl/N-ethyl adjacent to an activating group) is 1. The summed E-state index contributed by atoms with van der Waals surface area (Å²) in [6.07, 6.45) is 0.172. The lowest BCUT2D eigenvalue weighted by atomic mass is 10.0. The van der Waals surface area contributed by atoms with Crippen LogP contribution in [-0.2, 0) is 17.8 Å². The smallest absolute Gasteiger partial charge is 0.341 e.